The standard InChI is InChI=1S/C29H30F7N3O4/c1-15-9-20(30)5-6-21(15)23-14-27(13-22(24(40)37-27)25(41)43-4)7-8-39(23)26(42)38(3)16(2)17-10-18(28(31,32)33)12-19(11-17)29(34,35)36/h5-6,9-12,16,22-23H,7-8,13-14H2,1-4H3,(H,37,40)/t16-,22?,23-,27?/m1/s1. The van der Waals surface area contributed by atoms with Crippen LogP contribution in [0.1, 0.15) is 66.1 Å². The van der Waals surface area contributed by atoms with Crippen molar-refractivity contribution in [2.45, 2.75) is 63.1 Å². The van der Waals surface area contributed by atoms with E-state index in [0.717, 1.165) is 12.0 Å². The highest BCUT2D eigenvalue weighted by Crippen LogP contribution is 2.45. The normalized spacial score (nSPS) is 23.2. The highest BCUT2D eigenvalue weighted by molar-refractivity contribution is 6.00. The number of rotatable bonds is 4. The third kappa shape index (κ3) is 6.42. The number of likely N-dealkylation sites (tertiary alicyclic amines) is 1. The van der Waals surface area contributed by atoms with E-state index in [1.165, 1.54) is 37.1 Å². The number of carbonyl (C=O) groups excluding carboxylic acids is 3. The molecule has 2 heterocycles. The first-order valence-electron chi connectivity index (χ1n) is 13.4. The highest BCUT2D eigenvalue weighted by atomic mass is 19.4. The van der Waals surface area contributed by atoms with Crippen LogP contribution in [0, 0.1) is 18.7 Å². The molecule has 0 radical (unpaired) electrons. The lowest BCUT2D eigenvalue weighted by molar-refractivity contribution is -0.148. The molecule has 1 N–H and O–H groups in total. The van der Waals surface area contributed by atoms with E-state index in [-0.39, 0.29) is 37.4 Å². The predicted molar refractivity (Wildman–Crippen MR) is 139 cm³/mol. The number of methoxy groups -OCH3 is 1. The molecule has 2 fully saturated rings. The van der Waals surface area contributed by atoms with Crippen LogP contribution in [0.25, 0.3) is 0 Å². The molecule has 2 aromatic carbocycles. The van der Waals surface area contributed by atoms with Gasteiger partial charge in [-0.3, -0.25) is 9.59 Å². The lowest BCUT2D eigenvalue weighted by Gasteiger charge is -2.47. The average Bonchev–Trinajstić information content (AvgIpc) is 3.25. The Morgan fingerprint density at radius 3 is 2.19 bits per heavy atom. The number of aryl methyl sites for hydroxylation is 1. The summed E-state index contributed by atoms with van der Waals surface area (Å²) in [4.78, 5) is 41.2. The van der Waals surface area contributed by atoms with Gasteiger partial charge in [0.1, 0.15) is 11.7 Å². The average molecular weight is 618 g/mol. The van der Waals surface area contributed by atoms with Crippen LogP contribution in [0.2, 0.25) is 0 Å². The predicted octanol–water partition coefficient (Wildman–Crippen LogP) is 6.17. The monoisotopic (exact) mass is 617 g/mol. The Labute approximate surface area is 243 Å². The van der Waals surface area contributed by atoms with E-state index in [2.05, 4.69) is 5.32 Å². The molecule has 43 heavy (non-hydrogen) atoms. The summed E-state index contributed by atoms with van der Waals surface area (Å²) in [5.41, 5.74) is -3.26. The molecular formula is C29H30F7N3O4. The highest BCUT2D eigenvalue weighted by Gasteiger charge is 2.52. The lowest BCUT2D eigenvalue weighted by Crippen LogP contribution is -2.55. The van der Waals surface area contributed by atoms with Crippen molar-refractivity contribution in [1.82, 2.24) is 15.1 Å². The maximum Gasteiger partial charge on any atom is 0.416 e. The number of amides is 3. The Morgan fingerprint density at radius 1 is 1.05 bits per heavy atom. The molecule has 7 nitrogen and oxygen atoms in total. The number of esters is 1. The zero-order valence-electron chi connectivity index (χ0n) is 23.7. The summed E-state index contributed by atoms with van der Waals surface area (Å²) < 4.78 is 99.7. The third-order valence-electron chi connectivity index (χ3n) is 8.39. The second kappa shape index (κ2) is 11.3. The van der Waals surface area contributed by atoms with Crippen molar-refractivity contribution in [2.24, 2.45) is 5.92 Å². The van der Waals surface area contributed by atoms with Crippen LogP contribution in [0.3, 0.4) is 0 Å². The largest absolute Gasteiger partial charge is 0.468 e. The summed E-state index contributed by atoms with van der Waals surface area (Å²) in [6.45, 7) is 2.96. The van der Waals surface area contributed by atoms with Crippen molar-refractivity contribution in [1.29, 1.82) is 0 Å². The van der Waals surface area contributed by atoms with Crippen molar-refractivity contribution in [3.63, 3.8) is 0 Å². The van der Waals surface area contributed by atoms with Crippen LogP contribution in [-0.4, -0.2) is 53.9 Å². The number of alkyl halides is 6. The first-order valence-corrected chi connectivity index (χ1v) is 13.4. The van der Waals surface area contributed by atoms with Crippen LogP contribution >= 0.6 is 0 Å². The topological polar surface area (TPSA) is 79.0 Å². The zero-order valence-corrected chi connectivity index (χ0v) is 23.7. The number of urea groups is 1. The van der Waals surface area contributed by atoms with Gasteiger partial charge in [0.15, 0.2) is 0 Å². The number of hydrogen-bond donors (Lipinski definition) is 1. The Hall–Kier alpha value is -3.84. The van der Waals surface area contributed by atoms with E-state index in [4.69, 9.17) is 4.74 Å². The number of halogens is 7. The second-order valence-corrected chi connectivity index (χ2v) is 11.1. The smallest absolute Gasteiger partial charge is 0.416 e. The van der Waals surface area contributed by atoms with Gasteiger partial charge >= 0.3 is 24.4 Å². The van der Waals surface area contributed by atoms with Crippen molar-refractivity contribution in [3.05, 3.63) is 70.0 Å². The van der Waals surface area contributed by atoms with Crippen molar-refractivity contribution in [2.75, 3.05) is 20.7 Å². The van der Waals surface area contributed by atoms with Gasteiger partial charge in [-0.2, -0.15) is 26.3 Å². The fourth-order valence-electron chi connectivity index (χ4n) is 5.92. The molecule has 4 rings (SSSR count). The summed E-state index contributed by atoms with van der Waals surface area (Å²) >= 11 is 0. The van der Waals surface area contributed by atoms with Gasteiger partial charge in [0, 0.05) is 19.1 Å². The van der Waals surface area contributed by atoms with Crippen LogP contribution in [0.4, 0.5) is 35.5 Å². The quantitative estimate of drug-likeness (QED) is 0.253. The summed E-state index contributed by atoms with van der Waals surface area (Å²) in [6, 6.07) is 2.44. The summed E-state index contributed by atoms with van der Waals surface area (Å²) in [6.07, 6.45) is -9.70. The molecule has 0 aromatic heterocycles. The minimum atomic E-state index is -5.06. The van der Waals surface area contributed by atoms with Gasteiger partial charge in [0.25, 0.3) is 0 Å². The molecule has 2 saturated heterocycles. The Kier molecular flexibility index (Phi) is 8.46. The molecule has 2 aliphatic heterocycles. The number of nitrogens with zero attached hydrogens (tertiary/aromatic N) is 2. The number of nitrogens with one attached hydrogen (secondary N) is 1. The third-order valence-corrected chi connectivity index (χ3v) is 8.39. The maximum absolute atomic E-state index is 14.0. The summed E-state index contributed by atoms with van der Waals surface area (Å²) in [5, 5.41) is 2.86. The van der Waals surface area contributed by atoms with E-state index in [0.29, 0.717) is 23.3 Å². The number of piperidine rings is 1. The van der Waals surface area contributed by atoms with Gasteiger partial charge in [-0.15, -0.1) is 0 Å². The van der Waals surface area contributed by atoms with E-state index < -0.39 is 70.7 Å². The number of ether oxygens (including phenoxy) is 1. The first-order chi connectivity index (χ1) is 19.9. The molecule has 3 amide bonds. The molecule has 2 aromatic rings. The summed E-state index contributed by atoms with van der Waals surface area (Å²) in [5.74, 6) is -2.83. The molecule has 2 aliphatic rings. The second-order valence-electron chi connectivity index (χ2n) is 11.1. The van der Waals surface area contributed by atoms with Crippen LogP contribution < -0.4 is 5.32 Å². The fraction of sp³-hybridized carbons (Fsp3) is 0.483. The van der Waals surface area contributed by atoms with E-state index in [9.17, 15) is 45.1 Å². The van der Waals surface area contributed by atoms with Crippen molar-refractivity contribution >= 4 is 17.9 Å². The van der Waals surface area contributed by atoms with Gasteiger partial charge in [-0.05, 0) is 80.1 Å². The molecule has 2 unspecified atom stereocenters. The molecule has 1 spiro atoms. The Bertz CT molecular complexity index is 1400. The fourth-order valence-corrected chi connectivity index (χ4v) is 5.92. The number of hydrogen-bond acceptors (Lipinski definition) is 4. The minimum Gasteiger partial charge on any atom is -0.468 e. The molecule has 234 valence electrons. The molecule has 0 saturated carbocycles. The van der Waals surface area contributed by atoms with Gasteiger partial charge < -0.3 is 19.9 Å². The van der Waals surface area contributed by atoms with Crippen LogP contribution in [-0.2, 0) is 26.7 Å². The first kappa shape index (κ1) is 32.1. The van der Waals surface area contributed by atoms with Gasteiger partial charge in [-0.25, -0.2) is 9.18 Å². The van der Waals surface area contributed by atoms with Crippen molar-refractivity contribution in [3.8, 4) is 0 Å². The lowest BCUT2D eigenvalue weighted by atomic mass is 9.77. The zero-order chi connectivity index (χ0) is 32.1. The molecular weight excluding hydrogens is 587 g/mol. The minimum absolute atomic E-state index is 0.0158. The van der Waals surface area contributed by atoms with Crippen LogP contribution in [0.15, 0.2) is 36.4 Å². The molecule has 0 bridgehead atoms. The molecule has 0 aliphatic carbocycles. The summed E-state index contributed by atoms with van der Waals surface area (Å²) in [7, 11) is 2.43. The Morgan fingerprint density at radius 2 is 1.65 bits per heavy atom. The molecule has 4 atom stereocenters. The van der Waals surface area contributed by atoms with Crippen molar-refractivity contribution < 1.29 is 49.9 Å². The SMILES string of the molecule is COC(=O)C1CC2(CCN(C(=O)N(C)[C@H](C)c3cc(C(F)(F)F)cc(C(F)(F)F)c3)[C@@H](c3ccc(F)cc3C)C2)NC1=O. The van der Waals surface area contributed by atoms with E-state index in [1.807, 2.05) is 0 Å². The number of benzene rings is 2. The van der Waals surface area contributed by atoms with Gasteiger partial charge in [0.05, 0.1) is 30.3 Å². The maximum atomic E-state index is 14.0. The van der Waals surface area contributed by atoms with Crippen LogP contribution in [0.5, 0.6) is 0 Å². The van der Waals surface area contributed by atoms with Gasteiger partial charge in [-0.1, -0.05) is 6.07 Å². The van der Waals surface area contributed by atoms with Gasteiger partial charge in [0.2, 0.25) is 5.91 Å². The molecule has 14 heteroatoms. The van der Waals surface area contributed by atoms with E-state index >= 15 is 0 Å². The number of carbonyl (C=O) groups is 3. The Balaban J connectivity index is 1.69. The van der Waals surface area contributed by atoms with E-state index in [1.54, 1.807) is 6.92 Å².